The molecule has 0 radical (unpaired) electrons. The van der Waals surface area contributed by atoms with Crippen LogP contribution in [-0.4, -0.2) is 24.2 Å². The lowest BCUT2D eigenvalue weighted by Crippen LogP contribution is -2.20. The molecule has 1 aliphatic carbocycles. The van der Waals surface area contributed by atoms with Gasteiger partial charge in [0.25, 0.3) is 5.56 Å². The lowest BCUT2D eigenvalue weighted by atomic mass is 10.0. The first kappa shape index (κ1) is 22.9. The molecular weight excluding hydrogens is 471 g/mol. The molecule has 3 heterocycles. The van der Waals surface area contributed by atoms with Gasteiger partial charge in [0.1, 0.15) is 11.6 Å². The predicted octanol–water partition coefficient (Wildman–Crippen LogP) is 4.62. The third kappa shape index (κ3) is 4.23. The summed E-state index contributed by atoms with van der Waals surface area (Å²) in [5.41, 5.74) is 9.28. The molecule has 3 aromatic heterocycles. The number of pyridine rings is 1. The van der Waals surface area contributed by atoms with Gasteiger partial charge in [-0.15, -0.1) is 0 Å². The van der Waals surface area contributed by atoms with Crippen LogP contribution < -0.4 is 16.6 Å². The van der Waals surface area contributed by atoms with E-state index in [1.165, 1.54) is 10.6 Å². The highest BCUT2D eigenvalue weighted by atomic mass is 19.1. The van der Waals surface area contributed by atoms with Crippen LogP contribution in [-0.2, 0) is 13.7 Å². The molecule has 0 saturated heterocycles. The number of aryl methyl sites for hydroxylation is 1. The zero-order chi connectivity index (χ0) is 25.7. The summed E-state index contributed by atoms with van der Waals surface area (Å²) < 4.78 is 18.3. The number of nitrogens with one attached hydrogen (secondary N) is 1. The van der Waals surface area contributed by atoms with Crippen molar-refractivity contribution in [1.29, 1.82) is 0 Å². The first-order chi connectivity index (χ1) is 17.9. The fraction of sp³-hybridized carbons (Fsp3) is 0.179. The fourth-order valence-corrected chi connectivity index (χ4v) is 4.76. The van der Waals surface area contributed by atoms with Crippen molar-refractivity contribution in [3.05, 3.63) is 94.4 Å². The molecule has 186 valence electrons. The van der Waals surface area contributed by atoms with E-state index < -0.39 is 11.4 Å². The lowest BCUT2D eigenvalue weighted by molar-refractivity contribution is 0.282. The number of hydrogen-bond donors (Lipinski definition) is 3. The maximum atomic E-state index is 15.1. The van der Waals surface area contributed by atoms with Gasteiger partial charge in [0, 0.05) is 42.8 Å². The van der Waals surface area contributed by atoms with Crippen LogP contribution in [0.3, 0.4) is 0 Å². The monoisotopic (exact) mass is 496 g/mol. The summed E-state index contributed by atoms with van der Waals surface area (Å²) in [7, 11) is 1.91. The Morgan fingerprint density at radius 2 is 1.97 bits per heavy atom. The molecule has 0 aliphatic heterocycles. The number of aliphatic hydroxyl groups excluding tert-OH is 1. The maximum Gasteiger partial charge on any atom is 0.265 e. The molecule has 9 heteroatoms. The van der Waals surface area contributed by atoms with Gasteiger partial charge in [-0.2, -0.15) is 4.98 Å². The molecule has 1 fully saturated rings. The van der Waals surface area contributed by atoms with E-state index in [1.807, 2.05) is 36.1 Å². The van der Waals surface area contributed by atoms with Gasteiger partial charge in [0.2, 0.25) is 5.95 Å². The summed E-state index contributed by atoms with van der Waals surface area (Å²) in [5.74, 6) is 0.391. The Morgan fingerprint density at radius 3 is 2.70 bits per heavy atom. The van der Waals surface area contributed by atoms with Crippen molar-refractivity contribution in [3.63, 3.8) is 0 Å². The number of aromatic nitrogens is 4. The average Bonchev–Trinajstić information content (AvgIpc) is 3.65. The molecule has 0 unspecified atom stereocenters. The highest BCUT2D eigenvalue weighted by molar-refractivity contribution is 5.84. The van der Waals surface area contributed by atoms with Gasteiger partial charge in [0.15, 0.2) is 0 Å². The van der Waals surface area contributed by atoms with E-state index in [1.54, 1.807) is 36.5 Å². The minimum atomic E-state index is -0.527. The molecule has 0 atom stereocenters. The molecule has 1 saturated carbocycles. The molecule has 37 heavy (non-hydrogen) atoms. The van der Waals surface area contributed by atoms with E-state index in [4.69, 9.17) is 5.73 Å². The Morgan fingerprint density at radius 1 is 1.14 bits per heavy atom. The van der Waals surface area contributed by atoms with Gasteiger partial charge in [-0.05, 0) is 54.0 Å². The quantitative estimate of drug-likeness (QED) is 0.316. The number of halogens is 1. The van der Waals surface area contributed by atoms with Crippen molar-refractivity contribution in [2.75, 3.05) is 11.1 Å². The number of benzene rings is 2. The molecule has 2 aromatic carbocycles. The Labute approximate surface area is 211 Å². The summed E-state index contributed by atoms with van der Waals surface area (Å²) in [5, 5.41) is 14.1. The predicted molar refractivity (Wildman–Crippen MR) is 142 cm³/mol. The van der Waals surface area contributed by atoms with Gasteiger partial charge in [-0.3, -0.25) is 9.36 Å². The third-order valence-corrected chi connectivity index (χ3v) is 6.71. The summed E-state index contributed by atoms with van der Waals surface area (Å²) in [6, 6.07) is 13.9. The summed E-state index contributed by atoms with van der Waals surface area (Å²) in [6.45, 7) is -0.371. The topological polar surface area (TPSA) is 111 Å². The van der Waals surface area contributed by atoms with E-state index in [-0.39, 0.29) is 17.8 Å². The first-order valence-corrected chi connectivity index (χ1v) is 12.0. The second kappa shape index (κ2) is 8.86. The maximum absolute atomic E-state index is 15.1. The number of aliphatic hydroxyl groups is 1. The summed E-state index contributed by atoms with van der Waals surface area (Å²) >= 11 is 0. The van der Waals surface area contributed by atoms with Crippen LogP contribution in [0.4, 0.5) is 21.8 Å². The van der Waals surface area contributed by atoms with E-state index in [0.717, 1.165) is 24.1 Å². The fourth-order valence-electron chi connectivity index (χ4n) is 4.76. The van der Waals surface area contributed by atoms with Crippen molar-refractivity contribution in [2.24, 2.45) is 7.05 Å². The van der Waals surface area contributed by atoms with Gasteiger partial charge < -0.3 is 20.7 Å². The molecule has 8 nitrogen and oxygen atoms in total. The molecule has 1 aliphatic rings. The second-order valence-corrected chi connectivity index (χ2v) is 9.39. The van der Waals surface area contributed by atoms with E-state index >= 15 is 4.39 Å². The van der Waals surface area contributed by atoms with E-state index in [2.05, 4.69) is 15.3 Å². The average molecular weight is 497 g/mol. The number of rotatable bonds is 6. The van der Waals surface area contributed by atoms with Crippen molar-refractivity contribution in [2.45, 2.75) is 25.4 Å². The first-order valence-electron chi connectivity index (χ1n) is 12.0. The molecule has 0 spiro atoms. The number of anilines is 3. The van der Waals surface area contributed by atoms with Crippen molar-refractivity contribution in [1.82, 2.24) is 19.1 Å². The summed E-state index contributed by atoms with van der Waals surface area (Å²) in [4.78, 5) is 22.3. The van der Waals surface area contributed by atoms with Gasteiger partial charge >= 0.3 is 0 Å². The van der Waals surface area contributed by atoms with Gasteiger partial charge in [0.05, 0.1) is 29.1 Å². The minimum Gasteiger partial charge on any atom is -0.392 e. The molecule has 4 N–H and O–H groups in total. The Balaban J connectivity index is 1.46. The second-order valence-electron chi connectivity index (χ2n) is 9.39. The molecule has 6 rings (SSSR count). The van der Waals surface area contributed by atoms with Gasteiger partial charge in [-0.1, -0.05) is 18.2 Å². The lowest BCUT2D eigenvalue weighted by Gasteiger charge is -2.16. The highest BCUT2D eigenvalue weighted by Crippen LogP contribution is 2.41. The Kier molecular flexibility index (Phi) is 5.49. The van der Waals surface area contributed by atoms with E-state index in [9.17, 15) is 9.90 Å². The standard InChI is InChI=1S/C28H25FN6O2/c1-34-9-8-19(14-34)31-28-32-23(13-25(30)33-28)20-3-2-4-24(21(20)15-36)35-10-7-17-11-18(16-5-6-16)12-22(29)26(17)27(35)37/h2-4,7-14,16,36H,5-6,15H2,1H3,(H3,30,31,32,33). The minimum absolute atomic E-state index is 0.0295. The Hall–Kier alpha value is -4.50. The normalized spacial score (nSPS) is 13.3. The van der Waals surface area contributed by atoms with Crippen molar-refractivity contribution in [3.8, 4) is 16.9 Å². The van der Waals surface area contributed by atoms with Crippen LogP contribution in [0.1, 0.15) is 29.9 Å². The van der Waals surface area contributed by atoms with Crippen LogP contribution >= 0.6 is 0 Å². The molecule has 5 aromatic rings. The van der Waals surface area contributed by atoms with Crippen LogP contribution in [0.2, 0.25) is 0 Å². The number of nitrogens with two attached hydrogens (primary N) is 1. The SMILES string of the molecule is Cn1ccc(Nc2nc(N)cc(-c3cccc(-n4ccc5cc(C6CC6)cc(F)c5c4=O)c3CO)n2)c1. The molecular formula is C28H25FN6O2. The zero-order valence-electron chi connectivity index (χ0n) is 20.1. The van der Waals surface area contributed by atoms with Crippen LogP contribution in [0, 0.1) is 5.82 Å². The van der Waals surface area contributed by atoms with Crippen LogP contribution in [0.5, 0.6) is 0 Å². The van der Waals surface area contributed by atoms with Crippen molar-refractivity contribution < 1.29 is 9.50 Å². The largest absolute Gasteiger partial charge is 0.392 e. The van der Waals surface area contributed by atoms with Crippen LogP contribution in [0.25, 0.3) is 27.7 Å². The summed E-state index contributed by atoms with van der Waals surface area (Å²) in [6.07, 6.45) is 7.48. The molecule has 0 bridgehead atoms. The van der Waals surface area contributed by atoms with E-state index in [0.29, 0.717) is 39.8 Å². The van der Waals surface area contributed by atoms with Crippen molar-refractivity contribution >= 4 is 28.2 Å². The number of fused-ring (bicyclic) bond motifs is 1. The van der Waals surface area contributed by atoms with Gasteiger partial charge in [-0.25, -0.2) is 9.37 Å². The molecule has 0 amide bonds. The Bertz CT molecular complexity index is 1720. The number of nitrogens with zero attached hydrogens (tertiary/aromatic N) is 4. The number of hydrogen-bond acceptors (Lipinski definition) is 6. The van der Waals surface area contributed by atoms with Crippen LogP contribution in [0.15, 0.2) is 71.9 Å². The highest BCUT2D eigenvalue weighted by Gasteiger charge is 2.25. The number of nitrogen functional groups attached to an aromatic ring is 1. The smallest absolute Gasteiger partial charge is 0.265 e. The third-order valence-electron chi connectivity index (χ3n) is 6.71. The zero-order valence-corrected chi connectivity index (χ0v) is 20.1.